The maximum Gasteiger partial charge on any atom is 0.421 e. The molecule has 0 amide bonds. The van der Waals surface area contributed by atoms with Crippen LogP contribution in [0.4, 0.5) is 13.2 Å². The summed E-state index contributed by atoms with van der Waals surface area (Å²) in [5, 5.41) is 2.39. The van der Waals surface area contributed by atoms with Crippen molar-refractivity contribution in [1.82, 2.24) is 9.55 Å². The number of pyridine rings is 1. The van der Waals surface area contributed by atoms with E-state index in [0.29, 0.717) is 16.5 Å². The van der Waals surface area contributed by atoms with Gasteiger partial charge in [-0.2, -0.15) is 13.2 Å². The monoisotopic (exact) mass is 380 g/mol. The fourth-order valence-electron chi connectivity index (χ4n) is 2.32. The summed E-state index contributed by atoms with van der Waals surface area (Å²) >= 11 is 1.33. The van der Waals surface area contributed by atoms with Gasteiger partial charge in [-0.3, -0.25) is 4.79 Å². The highest BCUT2D eigenvalue weighted by Crippen LogP contribution is 2.26. The first-order valence-corrected chi connectivity index (χ1v) is 8.60. The topological polar surface area (TPSA) is 44.1 Å². The third-order valence-electron chi connectivity index (χ3n) is 3.64. The van der Waals surface area contributed by atoms with Gasteiger partial charge in [-0.15, -0.1) is 11.3 Å². The second-order valence-electron chi connectivity index (χ2n) is 5.69. The molecule has 0 saturated heterocycles. The molecule has 0 aliphatic heterocycles. The summed E-state index contributed by atoms with van der Waals surface area (Å²) < 4.78 is 45.1. The number of nitrogens with zero attached hydrogens (tertiary/aromatic N) is 2. The molecular formula is C18H15F3N2O2S. The number of hydrogen-bond acceptors (Lipinski definition) is 4. The number of thiazole rings is 1. The quantitative estimate of drug-likeness (QED) is 0.664. The maximum absolute atomic E-state index is 12.8. The number of rotatable bonds is 5. The van der Waals surface area contributed by atoms with Gasteiger partial charge in [0.25, 0.3) is 5.56 Å². The van der Waals surface area contributed by atoms with Gasteiger partial charge in [0.2, 0.25) is 0 Å². The standard InChI is InChI=1S/C18H15F3N2O2S/c1-12-4-6-14(7-5-12)25-10-16-22-13(11-26-16)9-23-8-2-3-15(17(23)24)18(19,20)21/h2-8,11H,9-10H2,1H3. The minimum atomic E-state index is -4.67. The van der Waals surface area contributed by atoms with Crippen molar-refractivity contribution < 1.29 is 17.9 Å². The molecule has 4 nitrogen and oxygen atoms in total. The summed E-state index contributed by atoms with van der Waals surface area (Å²) in [5.41, 5.74) is -0.622. The van der Waals surface area contributed by atoms with Crippen molar-refractivity contribution in [1.29, 1.82) is 0 Å². The molecular weight excluding hydrogens is 365 g/mol. The molecule has 0 fully saturated rings. The van der Waals surface area contributed by atoms with Crippen molar-refractivity contribution in [2.75, 3.05) is 0 Å². The zero-order chi connectivity index (χ0) is 18.7. The average Bonchev–Trinajstić information content (AvgIpc) is 3.03. The Balaban J connectivity index is 1.69. The molecule has 0 N–H and O–H groups in total. The predicted molar refractivity (Wildman–Crippen MR) is 92.4 cm³/mol. The molecule has 0 bridgehead atoms. The largest absolute Gasteiger partial charge is 0.486 e. The third kappa shape index (κ3) is 4.32. The number of hydrogen-bond donors (Lipinski definition) is 0. The first-order valence-electron chi connectivity index (χ1n) is 7.72. The molecule has 0 radical (unpaired) electrons. The Bertz CT molecular complexity index is 946. The summed E-state index contributed by atoms with van der Waals surface area (Å²) in [6.07, 6.45) is -3.35. The molecule has 1 aromatic carbocycles. The first-order chi connectivity index (χ1) is 12.3. The minimum absolute atomic E-state index is 0.0240. The van der Waals surface area contributed by atoms with E-state index in [1.165, 1.54) is 23.6 Å². The molecule has 0 spiro atoms. The van der Waals surface area contributed by atoms with E-state index < -0.39 is 17.3 Å². The highest BCUT2D eigenvalue weighted by molar-refractivity contribution is 7.09. The van der Waals surface area contributed by atoms with Crippen LogP contribution in [0.5, 0.6) is 5.75 Å². The second-order valence-corrected chi connectivity index (χ2v) is 6.63. The van der Waals surface area contributed by atoms with Gasteiger partial charge in [0, 0.05) is 11.6 Å². The molecule has 136 valence electrons. The number of benzene rings is 1. The summed E-state index contributed by atoms with van der Waals surface area (Å²) in [6, 6.07) is 9.56. The molecule has 2 heterocycles. The Kier molecular flexibility index (Phi) is 5.13. The van der Waals surface area contributed by atoms with Gasteiger partial charge >= 0.3 is 6.18 Å². The van der Waals surface area contributed by atoms with Crippen LogP contribution in [0.2, 0.25) is 0 Å². The number of ether oxygens (including phenoxy) is 1. The van der Waals surface area contributed by atoms with Crippen LogP contribution in [-0.2, 0) is 19.3 Å². The summed E-state index contributed by atoms with van der Waals surface area (Å²) in [6.45, 7) is 2.21. The van der Waals surface area contributed by atoms with Crippen molar-refractivity contribution in [3.05, 3.63) is 80.2 Å². The van der Waals surface area contributed by atoms with E-state index in [2.05, 4.69) is 4.98 Å². The van der Waals surface area contributed by atoms with Crippen LogP contribution in [0.1, 0.15) is 21.8 Å². The van der Waals surface area contributed by atoms with E-state index >= 15 is 0 Å². The Morgan fingerprint density at radius 3 is 2.62 bits per heavy atom. The maximum atomic E-state index is 12.8. The first kappa shape index (κ1) is 18.2. The van der Waals surface area contributed by atoms with E-state index in [4.69, 9.17) is 4.74 Å². The molecule has 3 rings (SSSR count). The van der Waals surface area contributed by atoms with Gasteiger partial charge in [0.05, 0.1) is 12.2 Å². The van der Waals surface area contributed by atoms with Crippen LogP contribution in [-0.4, -0.2) is 9.55 Å². The summed E-state index contributed by atoms with van der Waals surface area (Å²) in [4.78, 5) is 16.3. The van der Waals surface area contributed by atoms with Gasteiger partial charge in [-0.1, -0.05) is 17.7 Å². The lowest BCUT2D eigenvalue weighted by molar-refractivity contribution is -0.138. The SMILES string of the molecule is Cc1ccc(OCc2nc(Cn3cccc(C(F)(F)F)c3=O)cs2)cc1. The van der Waals surface area contributed by atoms with Crippen LogP contribution >= 0.6 is 11.3 Å². The third-order valence-corrected chi connectivity index (χ3v) is 4.51. The zero-order valence-electron chi connectivity index (χ0n) is 13.8. The summed E-state index contributed by atoms with van der Waals surface area (Å²) in [5.74, 6) is 0.710. The van der Waals surface area contributed by atoms with E-state index in [9.17, 15) is 18.0 Å². The lowest BCUT2D eigenvalue weighted by Gasteiger charge is -2.09. The molecule has 0 unspecified atom stereocenters. The normalized spacial score (nSPS) is 11.5. The van der Waals surface area contributed by atoms with E-state index in [1.807, 2.05) is 31.2 Å². The number of alkyl halides is 3. The van der Waals surface area contributed by atoms with E-state index in [1.54, 1.807) is 5.38 Å². The highest BCUT2D eigenvalue weighted by Gasteiger charge is 2.34. The van der Waals surface area contributed by atoms with Crippen molar-refractivity contribution in [3.8, 4) is 5.75 Å². The second kappa shape index (κ2) is 7.33. The van der Waals surface area contributed by atoms with E-state index in [-0.39, 0.29) is 13.2 Å². The Hall–Kier alpha value is -2.61. The summed E-state index contributed by atoms with van der Waals surface area (Å²) in [7, 11) is 0. The number of aryl methyl sites for hydroxylation is 1. The molecule has 0 saturated carbocycles. The molecule has 0 atom stereocenters. The van der Waals surface area contributed by atoms with Crippen LogP contribution in [0.25, 0.3) is 0 Å². The lowest BCUT2D eigenvalue weighted by atomic mass is 10.2. The molecule has 0 aliphatic carbocycles. The van der Waals surface area contributed by atoms with Gasteiger partial charge in [0.15, 0.2) is 0 Å². The van der Waals surface area contributed by atoms with Crippen molar-refractivity contribution in [3.63, 3.8) is 0 Å². The van der Waals surface area contributed by atoms with Crippen molar-refractivity contribution in [2.45, 2.75) is 26.3 Å². The number of halogens is 3. The zero-order valence-corrected chi connectivity index (χ0v) is 14.6. The Morgan fingerprint density at radius 1 is 1.19 bits per heavy atom. The van der Waals surface area contributed by atoms with Crippen molar-refractivity contribution >= 4 is 11.3 Å². The Morgan fingerprint density at radius 2 is 1.92 bits per heavy atom. The number of aromatic nitrogens is 2. The molecule has 2 aromatic heterocycles. The van der Waals surface area contributed by atoms with Crippen LogP contribution in [0.3, 0.4) is 0 Å². The van der Waals surface area contributed by atoms with Crippen molar-refractivity contribution in [2.24, 2.45) is 0 Å². The fraction of sp³-hybridized carbons (Fsp3) is 0.222. The minimum Gasteiger partial charge on any atom is -0.486 e. The molecule has 8 heteroatoms. The van der Waals surface area contributed by atoms with Gasteiger partial charge in [0.1, 0.15) is 22.9 Å². The smallest absolute Gasteiger partial charge is 0.421 e. The fourth-order valence-corrected chi connectivity index (χ4v) is 3.02. The van der Waals surface area contributed by atoms with Gasteiger partial charge in [-0.25, -0.2) is 4.98 Å². The lowest BCUT2D eigenvalue weighted by Crippen LogP contribution is -2.28. The van der Waals surface area contributed by atoms with Gasteiger partial charge in [-0.05, 0) is 31.2 Å². The molecule has 3 aromatic rings. The predicted octanol–water partition coefficient (Wildman–Crippen LogP) is 4.26. The highest BCUT2D eigenvalue weighted by atomic mass is 32.1. The molecule has 26 heavy (non-hydrogen) atoms. The molecule has 0 aliphatic rings. The van der Waals surface area contributed by atoms with Gasteiger partial charge < -0.3 is 9.30 Å². The van der Waals surface area contributed by atoms with Crippen LogP contribution in [0, 0.1) is 6.92 Å². The van der Waals surface area contributed by atoms with Crippen LogP contribution in [0.15, 0.2) is 52.8 Å². The van der Waals surface area contributed by atoms with E-state index in [0.717, 1.165) is 16.2 Å². The Labute approximate surface area is 151 Å². The van der Waals surface area contributed by atoms with Crippen LogP contribution < -0.4 is 10.3 Å². The average molecular weight is 380 g/mol.